The van der Waals surface area contributed by atoms with E-state index < -0.39 is 0 Å². The summed E-state index contributed by atoms with van der Waals surface area (Å²) in [7, 11) is 4.17. The van der Waals surface area contributed by atoms with Gasteiger partial charge in [0.05, 0.1) is 5.41 Å². The van der Waals surface area contributed by atoms with Gasteiger partial charge < -0.3 is 15.1 Å². The van der Waals surface area contributed by atoms with Gasteiger partial charge in [0.2, 0.25) is 5.91 Å². The molecule has 2 aliphatic heterocycles. The van der Waals surface area contributed by atoms with E-state index in [-0.39, 0.29) is 5.41 Å². The average Bonchev–Trinajstić information content (AvgIpc) is 2.84. The molecule has 2 fully saturated rings. The molecule has 0 bridgehead atoms. The van der Waals surface area contributed by atoms with E-state index in [1.54, 1.807) is 0 Å². The predicted octanol–water partition coefficient (Wildman–Crippen LogP) is 1.18. The van der Waals surface area contributed by atoms with Crippen molar-refractivity contribution in [2.45, 2.75) is 32.6 Å². The van der Waals surface area contributed by atoms with Crippen molar-refractivity contribution in [1.82, 2.24) is 15.1 Å². The van der Waals surface area contributed by atoms with E-state index in [0.717, 1.165) is 45.4 Å². The molecule has 1 amide bonds. The third kappa shape index (κ3) is 3.29. The largest absolute Gasteiger partial charge is 0.345 e. The third-order valence-electron chi connectivity index (χ3n) is 5.06. The van der Waals surface area contributed by atoms with Crippen molar-refractivity contribution in [3.05, 3.63) is 0 Å². The van der Waals surface area contributed by atoms with E-state index in [2.05, 4.69) is 24.2 Å². The lowest BCUT2D eigenvalue weighted by Gasteiger charge is -2.39. The number of hydrogen-bond donors (Lipinski definition) is 1. The molecule has 0 aromatic heterocycles. The van der Waals surface area contributed by atoms with Gasteiger partial charge in [0.15, 0.2) is 0 Å². The zero-order chi connectivity index (χ0) is 13.9. The lowest BCUT2D eigenvalue weighted by Crippen LogP contribution is -2.49. The van der Waals surface area contributed by atoms with Crippen LogP contribution in [-0.2, 0) is 4.79 Å². The molecule has 0 aliphatic carbocycles. The fraction of sp³-hybridized carbons (Fsp3) is 0.933. The number of nitrogens with zero attached hydrogens (tertiary/aromatic N) is 2. The van der Waals surface area contributed by atoms with Crippen molar-refractivity contribution in [2.24, 2.45) is 11.3 Å². The standard InChI is InChI=1S/C15H29N3O/c1-4-15(6-8-16-9-7-15)14(19)18(3)12-13-5-10-17(2)11-13/h13,16H,4-12H2,1-3H3. The monoisotopic (exact) mass is 267 g/mol. The molecule has 2 saturated heterocycles. The van der Waals surface area contributed by atoms with Crippen molar-refractivity contribution >= 4 is 5.91 Å². The highest BCUT2D eigenvalue weighted by atomic mass is 16.2. The summed E-state index contributed by atoms with van der Waals surface area (Å²) in [5.41, 5.74) is -0.0928. The second kappa shape index (κ2) is 6.23. The molecule has 4 nitrogen and oxygen atoms in total. The zero-order valence-electron chi connectivity index (χ0n) is 12.7. The number of nitrogens with one attached hydrogen (secondary N) is 1. The lowest BCUT2D eigenvalue weighted by atomic mass is 9.75. The average molecular weight is 267 g/mol. The highest BCUT2D eigenvalue weighted by molar-refractivity contribution is 5.82. The van der Waals surface area contributed by atoms with Gasteiger partial charge >= 0.3 is 0 Å². The second-order valence-electron chi connectivity index (χ2n) is 6.49. The van der Waals surface area contributed by atoms with Crippen molar-refractivity contribution in [1.29, 1.82) is 0 Å². The minimum atomic E-state index is -0.0928. The summed E-state index contributed by atoms with van der Waals surface area (Å²) in [6.07, 6.45) is 4.20. The van der Waals surface area contributed by atoms with E-state index in [1.165, 1.54) is 13.0 Å². The minimum absolute atomic E-state index is 0.0928. The Morgan fingerprint density at radius 1 is 1.42 bits per heavy atom. The van der Waals surface area contributed by atoms with Crippen LogP contribution in [0.2, 0.25) is 0 Å². The molecule has 1 atom stereocenters. The topological polar surface area (TPSA) is 35.6 Å². The number of likely N-dealkylation sites (tertiary alicyclic amines) is 1. The fourth-order valence-electron chi connectivity index (χ4n) is 3.67. The van der Waals surface area contributed by atoms with Gasteiger partial charge in [-0.25, -0.2) is 0 Å². The normalized spacial score (nSPS) is 27.4. The van der Waals surface area contributed by atoms with Crippen LogP contribution in [0, 0.1) is 11.3 Å². The zero-order valence-corrected chi connectivity index (χ0v) is 12.7. The molecule has 110 valence electrons. The van der Waals surface area contributed by atoms with Crippen LogP contribution in [0.25, 0.3) is 0 Å². The maximum Gasteiger partial charge on any atom is 0.228 e. The van der Waals surface area contributed by atoms with Crippen LogP contribution in [-0.4, -0.2) is 62.5 Å². The van der Waals surface area contributed by atoms with Gasteiger partial charge in [-0.2, -0.15) is 0 Å². The van der Waals surface area contributed by atoms with E-state index in [4.69, 9.17) is 0 Å². The summed E-state index contributed by atoms with van der Waals surface area (Å²) >= 11 is 0. The number of piperidine rings is 1. The summed E-state index contributed by atoms with van der Waals surface area (Å²) in [4.78, 5) is 17.2. The van der Waals surface area contributed by atoms with Crippen LogP contribution in [0.1, 0.15) is 32.6 Å². The van der Waals surface area contributed by atoms with Gasteiger partial charge in [-0.15, -0.1) is 0 Å². The van der Waals surface area contributed by atoms with Crippen molar-refractivity contribution < 1.29 is 4.79 Å². The van der Waals surface area contributed by atoms with Gasteiger partial charge in [0.25, 0.3) is 0 Å². The predicted molar refractivity (Wildman–Crippen MR) is 78.1 cm³/mol. The van der Waals surface area contributed by atoms with E-state index >= 15 is 0 Å². The van der Waals surface area contributed by atoms with E-state index in [0.29, 0.717) is 11.8 Å². The summed E-state index contributed by atoms with van der Waals surface area (Å²) < 4.78 is 0. The maximum atomic E-state index is 12.8. The van der Waals surface area contributed by atoms with Gasteiger partial charge in [-0.1, -0.05) is 6.92 Å². The van der Waals surface area contributed by atoms with Gasteiger partial charge in [0, 0.05) is 20.1 Å². The van der Waals surface area contributed by atoms with Crippen molar-refractivity contribution in [3.8, 4) is 0 Å². The van der Waals surface area contributed by atoms with Crippen LogP contribution in [0.4, 0.5) is 0 Å². The molecule has 1 unspecified atom stereocenters. The molecule has 0 aromatic rings. The van der Waals surface area contributed by atoms with Crippen molar-refractivity contribution in [2.75, 3.05) is 46.8 Å². The van der Waals surface area contributed by atoms with Crippen LogP contribution in [0.15, 0.2) is 0 Å². The number of carbonyl (C=O) groups excluding carboxylic acids is 1. The van der Waals surface area contributed by atoms with Crippen LogP contribution < -0.4 is 5.32 Å². The molecule has 2 rings (SSSR count). The molecule has 19 heavy (non-hydrogen) atoms. The highest BCUT2D eigenvalue weighted by Crippen LogP contribution is 2.34. The third-order valence-corrected chi connectivity index (χ3v) is 5.06. The van der Waals surface area contributed by atoms with Gasteiger partial charge in [0.1, 0.15) is 0 Å². The van der Waals surface area contributed by atoms with Gasteiger partial charge in [-0.3, -0.25) is 4.79 Å². The van der Waals surface area contributed by atoms with Crippen molar-refractivity contribution in [3.63, 3.8) is 0 Å². The Balaban J connectivity index is 1.93. The molecular weight excluding hydrogens is 238 g/mol. The molecule has 0 radical (unpaired) electrons. The first-order valence-electron chi connectivity index (χ1n) is 7.72. The summed E-state index contributed by atoms with van der Waals surface area (Å²) in [6.45, 7) is 7.38. The number of rotatable bonds is 4. The molecule has 2 aliphatic rings. The Hall–Kier alpha value is -0.610. The first-order chi connectivity index (χ1) is 9.07. The highest BCUT2D eigenvalue weighted by Gasteiger charge is 2.40. The molecule has 0 saturated carbocycles. The number of amides is 1. The van der Waals surface area contributed by atoms with E-state index in [9.17, 15) is 4.79 Å². The SMILES string of the molecule is CCC1(C(=O)N(C)CC2CCN(C)C2)CCNCC1. The first kappa shape index (κ1) is 14.8. The lowest BCUT2D eigenvalue weighted by molar-refractivity contribution is -0.143. The Kier molecular flexibility index (Phi) is 4.85. The fourth-order valence-corrected chi connectivity index (χ4v) is 3.67. The number of carbonyl (C=O) groups is 1. The quantitative estimate of drug-likeness (QED) is 0.831. The number of hydrogen-bond acceptors (Lipinski definition) is 3. The summed E-state index contributed by atoms with van der Waals surface area (Å²) in [5.74, 6) is 1.04. The molecule has 0 spiro atoms. The van der Waals surface area contributed by atoms with Crippen LogP contribution in [0.3, 0.4) is 0 Å². The Labute approximate surface area is 117 Å². The summed E-state index contributed by atoms with van der Waals surface area (Å²) in [5, 5.41) is 3.37. The Morgan fingerprint density at radius 2 is 2.11 bits per heavy atom. The Bertz CT molecular complexity index is 313. The molecule has 1 N–H and O–H groups in total. The first-order valence-corrected chi connectivity index (χ1v) is 7.72. The smallest absolute Gasteiger partial charge is 0.228 e. The minimum Gasteiger partial charge on any atom is -0.345 e. The molecule has 0 aromatic carbocycles. The molecule has 2 heterocycles. The van der Waals surface area contributed by atoms with Gasteiger partial charge in [-0.05, 0) is 58.3 Å². The molecule has 4 heteroatoms. The van der Waals surface area contributed by atoms with Crippen LogP contribution >= 0.6 is 0 Å². The van der Waals surface area contributed by atoms with Crippen LogP contribution in [0.5, 0.6) is 0 Å². The maximum absolute atomic E-state index is 12.8. The second-order valence-corrected chi connectivity index (χ2v) is 6.49. The summed E-state index contributed by atoms with van der Waals surface area (Å²) in [6, 6.07) is 0. The van der Waals surface area contributed by atoms with E-state index in [1.807, 2.05) is 11.9 Å². The Morgan fingerprint density at radius 3 is 2.63 bits per heavy atom. The molecular formula is C15H29N3O.